The first kappa shape index (κ1) is 10.7. The Morgan fingerprint density at radius 3 is 2.18 bits per heavy atom. The van der Waals surface area contributed by atoms with Crippen molar-refractivity contribution in [2.45, 2.75) is 0 Å². The molecule has 0 amide bonds. The van der Waals surface area contributed by atoms with Gasteiger partial charge in [-0.1, -0.05) is 4.80 Å². The zero-order chi connectivity index (χ0) is 12.4. The molecule has 0 N–H and O–H groups in total. The van der Waals surface area contributed by atoms with Crippen molar-refractivity contribution in [1.82, 2.24) is 15.0 Å². The van der Waals surface area contributed by atoms with Crippen LogP contribution in [0.3, 0.4) is 0 Å². The minimum atomic E-state index is -0.672. The maximum absolute atomic E-state index is 10.4. The number of nitro groups is 2. The molecule has 0 saturated carbocycles. The molecule has 2 rings (SSSR count). The highest BCUT2D eigenvalue weighted by Gasteiger charge is 2.14. The van der Waals surface area contributed by atoms with Gasteiger partial charge in [-0.2, -0.15) is 0 Å². The van der Waals surface area contributed by atoms with Gasteiger partial charge in [-0.3, -0.25) is 10.1 Å². The van der Waals surface area contributed by atoms with Crippen LogP contribution in [0, 0.1) is 20.2 Å². The molecule has 9 heteroatoms. The Balaban J connectivity index is 2.33. The molecule has 0 saturated heterocycles. The number of rotatable bonds is 3. The fourth-order valence-corrected chi connectivity index (χ4v) is 1.17. The zero-order valence-corrected chi connectivity index (χ0v) is 8.26. The van der Waals surface area contributed by atoms with E-state index in [-0.39, 0.29) is 11.5 Å². The molecule has 0 unspecified atom stereocenters. The van der Waals surface area contributed by atoms with Crippen molar-refractivity contribution < 1.29 is 9.85 Å². The highest BCUT2D eigenvalue weighted by molar-refractivity contribution is 5.39. The second-order valence-corrected chi connectivity index (χ2v) is 3.02. The second-order valence-electron chi connectivity index (χ2n) is 3.02. The van der Waals surface area contributed by atoms with Crippen LogP contribution >= 0.6 is 0 Å². The first-order valence-electron chi connectivity index (χ1n) is 4.39. The van der Waals surface area contributed by atoms with E-state index in [9.17, 15) is 20.2 Å². The van der Waals surface area contributed by atoms with E-state index in [0.717, 1.165) is 11.0 Å². The Kier molecular flexibility index (Phi) is 2.49. The van der Waals surface area contributed by atoms with E-state index in [2.05, 4.69) is 10.2 Å². The molecular weight excluding hydrogens is 230 g/mol. The summed E-state index contributed by atoms with van der Waals surface area (Å²) in [5, 5.41) is 28.1. The fraction of sp³-hybridized carbons (Fsp3) is 0. The third kappa shape index (κ3) is 2.07. The van der Waals surface area contributed by atoms with Crippen molar-refractivity contribution in [3.8, 4) is 5.69 Å². The maximum Gasteiger partial charge on any atom is 0.410 e. The van der Waals surface area contributed by atoms with Crippen LogP contribution in [0.2, 0.25) is 0 Å². The topological polar surface area (TPSA) is 117 Å². The molecule has 1 aromatic carbocycles. The summed E-state index contributed by atoms with van der Waals surface area (Å²) in [6, 6.07) is 5.35. The molecule has 2 aromatic rings. The predicted molar refractivity (Wildman–Crippen MR) is 54.7 cm³/mol. The van der Waals surface area contributed by atoms with Gasteiger partial charge in [0.05, 0.1) is 10.0 Å². The van der Waals surface area contributed by atoms with Gasteiger partial charge >= 0.3 is 5.82 Å². The molecule has 0 aliphatic carbocycles. The van der Waals surface area contributed by atoms with Gasteiger partial charge in [-0.25, -0.2) is 0 Å². The Morgan fingerprint density at radius 1 is 1.06 bits per heavy atom. The number of nitro benzene ring substituents is 1. The van der Waals surface area contributed by atoms with E-state index in [4.69, 9.17) is 0 Å². The summed E-state index contributed by atoms with van der Waals surface area (Å²) < 4.78 is 0. The van der Waals surface area contributed by atoms with Crippen LogP contribution in [0.4, 0.5) is 11.5 Å². The molecule has 9 nitrogen and oxygen atoms in total. The predicted octanol–water partition coefficient (Wildman–Crippen LogP) is 1.08. The van der Waals surface area contributed by atoms with Gasteiger partial charge in [0.1, 0.15) is 5.69 Å². The second kappa shape index (κ2) is 3.96. The molecule has 1 aromatic heterocycles. The van der Waals surface area contributed by atoms with Crippen LogP contribution in [0.25, 0.3) is 5.69 Å². The van der Waals surface area contributed by atoms with E-state index < -0.39 is 9.85 Å². The molecule has 0 spiro atoms. The van der Waals surface area contributed by atoms with Gasteiger partial charge in [0, 0.05) is 12.1 Å². The van der Waals surface area contributed by atoms with Gasteiger partial charge < -0.3 is 10.1 Å². The van der Waals surface area contributed by atoms with E-state index >= 15 is 0 Å². The molecule has 1 heterocycles. The molecule has 0 bridgehead atoms. The van der Waals surface area contributed by atoms with Gasteiger partial charge in [-0.05, 0) is 17.1 Å². The summed E-state index contributed by atoms with van der Waals surface area (Å²) in [4.78, 5) is 20.6. The highest BCUT2D eigenvalue weighted by Crippen LogP contribution is 2.14. The number of hydrogen-bond acceptors (Lipinski definition) is 6. The molecule has 0 aliphatic heterocycles. The van der Waals surface area contributed by atoms with Crippen LogP contribution in [-0.2, 0) is 0 Å². The summed E-state index contributed by atoms with van der Waals surface area (Å²) in [5.41, 5.74) is 0.333. The molecule has 17 heavy (non-hydrogen) atoms. The van der Waals surface area contributed by atoms with E-state index in [1.807, 2.05) is 0 Å². The van der Waals surface area contributed by atoms with E-state index in [1.165, 1.54) is 24.3 Å². The lowest BCUT2D eigenvalue weighted by molar-refractivity contribution is -0.389. The fourth-order valence-electron chi connectivity index (χ4n) is 1.17. The summed E-state index contributed by atoms with van der Waals surface area (Å²) in [6.45, 7) is 0. The van der Waals surface area contributed by atoms with Gasteiger partial charge in [0.15, 0.2) is 6.20 Å². The van der Waals surface area contributed by atoms with Gasteiger partial charge in [-0.15, -0.1) is 5.10 Å². The van der Waals surface area contributed by atoms with E-state index in [0.29, 0.717) is 5.69 Å². The van der Waals surface area contributed by atoms with Crippen molar-refractivity contribution in [2.24, 2.45) is 0 Å². The summed E-state index contributed by atoms with van der Waals surface area (Å²) in [7, 11) is 0. The molecule has 86 valence electrons. The number of aromatic nitrogens is 3. The molecule has 0 fully saturated rings. The number of benzene rings is 1. The van der Waals surface area contributed by atoms with Crippen molar-refractivity contribution in [1.29, 1.82) is 0 Å². The average molecular weight is 235 g/mol. The smallest absolute Gasteiger partial charge is 0.358 e. The summed E-state index contributed by atoms with van der Waals surface area (Å²) >= 11 is 0. The van der Waals surface area contributed by atoms with Crippen molar-refractivity contribution in [3.05, 3.63) is 50.7 Å². The van der Waals surface area contributed by atoms with Crippen LogP contribution in [0.15, 0.2) is 30.5 Å². The van der Waals surface area contributed by atoms with Crippen molar-refractivity contribution in [2.75, 3.05) is 0 Å². The van der Waals surface area contributed by atoms with Crippen LogP contribution in [0.1, 0.15) is 0 Å². The Morgan fingerprint density at radius 2 is 1.71 bits per heavy atom. The lowest BCUT2D eigenvalue weighted by atomic mass is 10.3. The first-order chi connectivity index (χ1) is 8.08. The standard InChI is InChI=1S/C8H5N5O4/c14-12(15)7-3-1-6(2-4-7)11-9-5-8(10-11)13(16)17/h1-5H. The lowest BCUT2D eigenvalue weighted by Gasteiger charge is -1.94. The van der Waals surface area contributed by atoms with Crippen molar-refractivity contribution in [3.63, 3.8) is 0 Å². The van der Waals surface area contributed by atoms with Gasteiger partial charge in [0.25, 0.3) is 5.69 Å². The Labute approximate surface area is 93.6 Å². The SMILES string of the molecule is O=[N+]([O-])c1ccc(-n2ncc([N+](=O)[O-])n2)cc1. The number of hydrogen-bond donors (Lipinski definition) is 0. The number of non-ortho nitro benzene ring substituents is 1. The summed E-state index contributed by atoms with van der Waals surface area (Å²) in [6.07, 6.45) is 1.00. The van der Waals surface area contributed by atoms with Gasteiger partial charge in [0.2, 0.25) is 0 Å². The molecule has 0 radical (unpaired) electrons. The normalized spacial score (nSPS) is 10.1. The quantitative estimate of drug-likeness (QED) is 0.580. The highest BCUT2D eigenvalue weighted by atomic mass is 16.6. The first-order valence-corrected chi connectivity index (χ1v) is 4.39. The third-order valence-corrected chi connectivity index (χ3v) is 1.96. The number of nitrogens with zero attached hydrogens (tertiary/aromatic N) is 5. The Hall–Kier alpha value is -2.84. The lowest BCUT2D eigenvalue weighted by Crippen LogP contribution is -1.99. The molecule has 0 aliphatic rings. The van der Waals surface area contributed by atoms with Crippen molar-refractivity contribution >= 4 is 11.5 Å². The summed E-state index contributed by atoms with van der Waals surface area (Å²) in [5.74, 6) is -0.386. The van der Waals surface area contributed by atoms with Crippen LogP contribution in [-0.4, -0.2) is 24.8 Å². The largest absolute Gasteiger partial charge is 0.410 e. The van der Waals surface area contributed by atoms with Crippen LogP contribution in [0.5, 0.6) is 0 Å². The molecule has 0 atom stereocenters. The molecular formula is C8H5N5O4. The third-order valence-electron chi connectivity index (χ3n) is 1.96. The average Bonchev–Trinajstić information content (AvgIpc) is 2.78. The van der Waals surface area contributed by atoms with E-state index in [1.54, 1.807) is 0 Å². The zero-order valence-electron chi connectivity index (χ0n) is 8.26. The minimum absolute atomic E-state index is 0.0737. The monoisotopic (exact) mass is 235 g/mol. The maximum atomic E-state index is 10.4. The minimum Gasteiger partial charge on any atom is -0.358 e. The van der Waals surface area contributed by atoms with Crippen LogP contribution < -0.4 is 0 Å². The Bertz CT molecular complexity index is 576.